The van der Waals surface area contributed by atoms with Crippen molar-refractivity contribution in [1.29, 1.82) is 0 Å². The van der Waals surface area contributed by atoms with Crippen LogP contribution in [0.4, 0.5) is 21.9 Å². The van der Waals surface area contributed by atoms with Crippen LogP contribution in [0.2, 0.25) is 0 Å². The summed E-state index contributed by atoms with van der Waals surface area (Å²) in [5.41, 5.74) is 3.89. The number of hydrogen-bond donors (Lipinski definition) is 2. The molecule has 0 aliphatic rings. The maximum atomic E-state index is 12.0. The highest BCUT2D eigenvalue weighted by atomic mass is 16.2. The van der Waals surface area contributed by atoms with E-state index >= 15 is 0 Å². The molecule has 2 aromatic carbocycles. The van der Waals surface area contributed by atoms with Crippen LogP contribution in [0.25, 0.3) is 0 Å². The van der Waals surface area contributed by atoms with Gasteiger partial charge in [0.1, 0.15) is 0 Å². The normalized spacial score (nSPS) is 10.2. The highest BCUT2D eigenvalue weighted by Crippen LogP contribution is 2.17. The zero-order chi connectivity index (χ0) is 18.2. The van der Waals surface area contributed by atoms with Crippen molar-refractivity contribution in [2.75, 3.05) is 29.1 Å². The predicted molar refractivity (Wildman–Crippen MR) is 107 cm³/mol. The summed E-state index contributed by atoms with van der Waals surface area (Å²) in [5.74, 6) is 0. The van der Waals surface area contributed by atoms with Gasteiger partial charge in [0.15, 0.2) is 0 Å². The minimum Gasteiger partial charge on any atom is -0.374 e. The molecule has 3 rings (SSSR count). The second-order valence-corrected chi connectivity index (χ2v) is 6.02. The Morgan fingerprint density at radius 2 is 1.50 bits per heavy atom. The van der Waals surface area contributed by atoms with Crippen LogP contribution < -0.4 is 15.5 Å². The van der Waals surface area contributed by atoms with Gasteiger partial charge >= 0.3 is 6.03 Å². The molecule has 0 bridgehead atoms. The van der Waals surface area contributed by atoms with E-state index in [-0.39, 0.29) is 6.03 Å². The number of carbonyl (C=O) groups excluding carboxylic acids is 1. The van der Waals surface area contributed by atoms with Gasteiger partial charge in [-0.05, 0) is 60.5 Å². The number of anilines is 3. The van der Waals surface area contributed by atoms with Gasteiger partial charge in [-0.2, -0.15) is 0 Å². The molecule has 2 amide bonds. The molecule has 0 saturated carbocycles. The molecule has 0 atom stereocenters. The molecular weight excluding hydrogens is 324 g/mol. The molecule has 1 heterocycles. The first kappa shape index (κ1) is 17.5. The number of nitrogens with zero attached hydrogens (tertiary/aromatic N) is 2. The summed E-state index contributed by atoms with van der Waals surface area (Å²) in [6, 6.07) is 21.0. The molecule has 0 spiro atoms. The van der Waals surface area contributed by atoms with Crippen LogP contribution in [-0.4, -0.2) is 24.6 Å². The van der Waals surface area contributed by atoms with Crippen LogP contribution in [-0.2, 0) is 6.42 Å². The average molecular weight is 346 g/mol. The van der Waals surface area contributed by atoms with Crippen molar-refractivity contribution in [1.82, 2.24) is 4.98 Å². The van der Waals surface area contributed by atoms with Gasteiger partial charge in [-0.15, -0.1) is 0 Å². The van der Waals surface area contributed by atoms with Crippen LogP contribution in [0, 0.1) is 0 Å². The van der Waals surface area contributed by atoms with Crippen molar-refractivity contribution < 1.29 is 4.79 Å². The lowest BCUT2D eigenvalue weighted by Crippen LogP contribution is -2.21. The van der Waals surface area contributed by atoms with E-state index in [1.54, 1.807) is 0 Å². The summed E-state index contributed by atoms with van der Waals surface area (Å²) in [6.07, 6.45) is 4.59. The molecule has 0 saturated heterocycles. The van der Waals surface area contributed by atoms with Gasteiger partial charge in [0.2, 0.25) is 0 Å². The molecule has 0 aliphatic heterocycles. The Labute approximate surface area is 153 Å². The minimum absolute atomic E-state index is 0.255. The zero-order valence-electron chi connectivity index (χ0n) is 14.7. The third kappa shape index (κ3) is 5.08. The first-order valence-electron chi connectivity index (χ1n) is 8.54. The van der Waals surface area contributed by atoms with E-state index in [4.69, 9.17) is 0 Å². The fourth-order valence-corrected chi connectivity index (χ4v) is 2.59. The molecule has 132 valence electrons. The number of likely N-dealkylation sites (N-methyl/N-ethyl adjacent to an activating group) is 1. The Bertz CT molecular complexity index is 820. The minimum atomic E-state index is -0.255. The van der Waals surface area contributed by atoms with Crippen molar-refractivity contribution in [3.8, 4) is 0 Å². The SMILES string of the molecule is CN(CCc1ccncc1)c1ccc(NC(=O)Nc2ccccc2)cc1. The Morgan fingerprint density at radius 3 is 2.15 bits per heavy atom. The average Bonchev–Trinajstić information content (AvgIpc) is 2.68. The van der Waals surface area contributed by atoms with Gasteiger partial charge < -0.3 is 15.5 Å². The van der Waals surface area contributed by atoms with Crippen LogP contribution in [0.5, 0.6) is 0 Å². The predicted octanol–water partition coefficient (Wildman–Crippen LogP) is 4.40. The van der Waals surface area contributed by atoms with Crippen molar-refractivity contribution >= 4 is 23.1 Å². The lowest BCUT2D eigenvalue weighted by Gasteiger charge is -2.19. The number of benzene rings is 2. The molecule has 0 fully saturated rings. The standard InChI is InChI=1S/C21H22N4O/c1-25(16-13-17-11-14-22-15-12-17)20-9-7-19(8-10-20)24-21(26)23-18-5-3-2-4-6-18/h2-12,14-15H,13,16H2,1H3,(H2,23,24,26). The monoisotopic (exact) mass is 346 g/mol. The first-order valence-corrected chi connectivity index (χ1v) is 8.54. The first-order chi connectivity index (χ1) is 12.7. The maximum Gasteiger partial charge on any atom is 0.323 e. The Balaban J connectivity index is 1.51. The largest absolute Gasteiger partial charge is 0.374 e. The fourth-order valence-electron chi connectivity index (χ4n) is 2.59. The number of urea groups is 1. The van der Waals surface area contributed by atoms with Gasteiger partial charge in [-0.3, -0.25) is 4.98 Å². The van der Waals surface area contributed by atoms with E-state index < -0.39 is 0 Å². The highest BCUT2D eigenvalue weighted by molar-refractivity contribution is 5.99. The van der Waals surface area contributed by atoms with E-state index in [1.165, 1.54) is 5.56 Å². The topological polar surface area (TPSA) is 57.3 Å². The highest BCUT2D eigenvalue weighted by Gasteiger charge is 2.05. The van der Waals surface area contributed by atoms with Crippen molar-refractivity contribution in [3.05, 3.63) is 84.7 Å². The van der Waals surface area contributed by atoms with Crippen molar-refractivity contribution in [3.63, 3.8) is 0 Å². The van der Waals surface area contributed by atoms with E-state index in [0.29, 0.717) is 0 Å². The number of rotatable bonds is 6. The Hall–Kier alpha value is -3.34. The summed E-state index contributed by atoms with van der Waals surface area (Å²) in [7, 11) is 2.06. The molecule has 0 radical (unpaired) electrons. The van der Waals surface area contributed by atoms with E-state index in [9.17, 15) is 4.79 Å². The van der Waals surface area contributed by atoms with E-state index in [1.807, 2.05) is 79.1 Å². The number of pyridine rings is 1. The third-order valence-electron chi connectivity index (χ3n) is 4.08. The lowest BCUT2D eigenvalue weighted by atomic mass is 10.2. The molecule has 0 unspecified atom stereocenters. The number of hydrogen-bond acceptors (Lipinski definition) is 3. The number of amides is 2. The van der Waals surface area contributed by atoms with Crippen molar-refractivity contribution in [2.45, 2.75) is 6.42 Å². The summed E-state index contributed by atoms with van der Waals surface area (Å²) in [6.45, 7) is 0.908. The quantitative estimate of drug-likeness (QED) is 0.695. The maximum absolute atomic E-state index is 12.0. The Kier molecular flexibility index (Phi) is 5.83. The molecule has 5 nitrogen and oxygen atoms in total. The van der Waals surface area contributed by atoms with E-state index in [0.717, 1.165) is 30.0 Å². The third-order valence-corrected chi connectivity index (χ3v) is 4.08. The van der Waals surface area contributed by atoms with Crippen LogP contribution in [0.1, 0.15) is 5.56 Å². The number of aromatic nitrogens is 1. The van der Waals surface area contributed by atoms with Crippen LogP contribution in [0.15, 0.2) is 79.1 Å². The second-order valence-electron chi connectivity index (χ2n) is 6.02. The number of para-hydroxylation sites is 1. The van der Waals surface area contributed by atoms with Gasteiger partial charge in [-0.1, -0.05) is 18.2 Å². The molecule has 26 heavy (non-hydrogen) atoms. The van der Waals surface area contributed by atoms with Crippen LogP contribution >= 0.6 is 0 Å². The molecule has 1 aromatic heterocycles. The molecule has 3 aromatic rings. The van der Waals surface area contributed by atoms with Crippen LogP contribution in [0.3, 0.4) is 0 Å². The Morgan fingerprint density at radius 1 is 0.885 bits per heavy atom. The molecule has 0 aliphatic carbocycles. The van der Waals surface area contributed by atoms with Crippen molar-refractivity contribution in [2.24, 2.45) is 0 Å². The summed E-state index contributed by atoms with van der Waals surface area (Å²) in [5, 5.41) is 5.64. The number of carbonyl (C=O) groups is 1. The van der Waals surface area contributed by atoms with Gasteiger partial charge in [0, 0.05) is 43.0 Å². The lowest BCUT2D eigenvalue weighted by molar-refractivity contribution is 0.262. The summed E-state index contributed by atoms with van der Waals surface area (Å²) >= 11 is 0. The smallest absolute Gasteiger partial charge is 0.323 e. The molecule has 5 heteroatoms. The van der Waals surface area contributed by atoms with E-state index in [2.05, 4.69) is 27.6 Å². The fraction of sp³-hybridized carbons (Fsp3) is 0.143. The van der Waals surface area contributed by atoms with Gasteiger partial charge in [0.25, 0.3) is 0 Å². The summed E-state index contributed by atoms with van der Waals surface area (Å²) < 4.78 is 0. The summed E-state index contributed by atoms with van der Waals surface area (Å²) in [4.78, 5) is 18.2. The molecule has 2 N–H and O–H groups in total. The second kappa shape index (κ2) is 8.67. The molecular formula is C21H22N4O. The van der Waals surface area contributed by atoms with Gasteiger partial charge in [-0.25, -0.2) is 4.79 Å². The zero-order valence-corrected chi connectivity index (χ0v) is 14.7. The number of nitrogens with one attached hydrogen (secondary N) is 2. The van der Waals surface area contributed by atoms with Gasteiger partial charge in [0.05, 0.1) is 0 Å².